The van der Waals surface area contributed by atoms with Crippen molar-refractivity contribution in [2.45, 2.75) is 58.2 Å². The molecule has 0 unspecified atom stereocenters. The molecular formula is C42H48ClF3N12O5. The average Bonchev–Trinajstić information content (AvgIpc) is 3.85. The number of ether oxygens (including phenoxy) is 1. The summed E-state index contributed by atoms with van der Waals surface area (Å²) in [6.45, 7) is 7.56. The molecular weight excluding hydrogens is 845 g/mol. The van der Waals surface area contributed by atoms with Gasteiger partial charge in [-0.2, -0.15) is 18.3 Å². The van der Waals surface area contributed by atoms with Gasteiger partial charge in [-0.25, -0.2) is 24.2 Å². The van der Waals surface area contributed by atoms with E-state index >= 15 is 0 Å². The van der Waals surface area contributed by atoms with Crippen LogP contribution >= 0.6 is 11.6 Å². The highest BCUT2D eigenvalue weighted by atomic mass is 35.5. The van der Waals surface area contributed by atoms with Crippen molar-refractivity contribution in [2.75, 3.05) is 50.3 Å². The van der Waals surface area contributed by atoms with E-state index in [0.717, 1.165) is 34.8 Å². The summed E-state index contributed by atoms with van der Waals surface area (Å²) in [7, 11) is 1.40. The van der Waals surface area contributed by atoms with Gasteiger partial charge < -0.3 is 40.8 Å². The molecule has 6 rings (SSSR count). The Morgan fingerprint density at radius 3 is 2.27 bits per heavy atom. The highest BCUT2D eigenvalue weighted by Crippen LogP contribution is 2.37. The Morgan fingerprint density at radius 1 is 0.873 bits per heavy atom. The van der Waals surface area contributed by atoms with E-state index in [1.165, 1.54) is 48.1 Å². The second-order valence-corrected chi connectivity index (χ2v) is 16.2. The zero-order chi connectivity index (χ0) is 45.5. The van der Waals surface area contributed by atoms with E-state index in [2.05, 4.69) is 36.0 Å². The fourth-order valence-corrected chi connectivity index (χ4v) is 6.98. The topological polar surface area (TPSA) is 208 Å². The maximum absolute atomic E-state index is 14.1. The molecule has 0 spiro atoms. The van der Waals surface area contributed by atoms with Crippen LogP contribution in [0.3, 0.4) is 0 Å². The average molecular weight is 893 g/mol. The number of hydrogen-bond donors (Lipinski definition) is 4. The molecule has 5 N–H and O–H groups in total. The normalized spacial score (nSPS) is 13.1. The van der Waals surface area contributed by atoms with Gasteiger partial charge in [0.25, 0.3) is 11.8 Å². The first kappa shape index (κ1) is 45.8. The van der Waals surface area contributed by atoms with Crippen molar-refractivity contribution in [1.82, 2.24) is 49.7 Å². The molecule has 5 aromatic rings. The lowest BCUT2D eigenvalue weighted by Gasteiger charge is -2.35. The highest BCUT2D eigenvalue weighted by molar-refractivity contribution is 6.34. The molecule has 0 bridgehead atoms. The minimum Gasteiger partial charge on any atom is -0.444 e. The van der Waals surface area contributed by atoms with Crippen LogP contribution in [0.2, 0.25) is 5.02 Å². The van der Waals surface area contributed by atoms with Crippen molar-refractivity contribution >= 4 is 46.9 Å². The van der Waals surface area contributed by atoms with Crippen LogP contribution in [0, 0.1) is 0 Å². The largest absolute Gasteiger partial charge is 0.444 e. The molecule has 63 heavy (non-hydrogen) atoms. The number of aromatic nitrogens is 6. The predicted octanol–water partition coefficient (Wildman–Crippen LogP) is 6.13. The number of nitrogens with one attached hydrogen (secondary N) is 3. The van der Waals surface area contributed by atoms with E-state index in [1.807, 2.05) is 32.9 Å². The van der Waals surface area contributed by atoms with Gasteiger partial charge >= 0.3 is 18.3 Å². The van der Waals surface area contributed by atoms with Gasteiger partial charge in [0.05, 0.1) is 39.9 Å². The molecule has 21 heteroatoms. The summed E-state index contributed by atoms with van der Waals surface area (Å²) in [6, 6.07) is 11.0. The number of amides is 5. The van der Waals surface area contributed by atoms with Crippen LogP contribution in [0.25, 0.3) is 17.1 Å². The third kappa shape index (κ3) is 12.0. The monoisotopic (exact) mass is 892 g/mol. The zero-order valence-electron chi connectivity index (χ0n) is 35.1. The van der Waals surface area contributed by atoms with Gasteiger partial charge in [-0.05, 0) is 94.5 Å². The second kappa shape index (κ2) is 19.6. The number of halogens is 4. The van der Waals surface area contributed by atoms with Gasteiger partial charge in [0, 0.05) is 70.1 Å². The predicted molar refractivity (Wildman–Crippen MR) is 228 cm³/mol. The van der Waals surface area contributed by atoms with Crippen LogP contribution in [0.1, 0.15) is 71.5 Å². The molecule has 1 saturated heterocycles. The number of nitrogens with zero attached hydrogens (tertiary/aromatic N) is 8. The van der Waals surface area contributed by atoms with Crippen molar-refractivity contribution in [3.8, 4) is 17.1 Å². The fraction of sp³-hybridized carbons (Fsp3) is 0.381. The van der Waals surface area contributed by atoms with Crippen molar-refractivity contribution in [3.63, 3.8) is 0 Å². The Labute approximate surface area is 366 Å². The van der Waals surface area contributed by atoms with Crippen LogP contribution in [0.4, 0.5) is 34.1 Å². The first-order valence-corrected chi connectivity index (χ1v) is 20.5. The minimum absolute atomic E-state index is 0.0263. The zero-order valence-corrected chi connectivity index (χ0v) is 35.9. The van der Waals surface area contributed by atoms with Gasteiger partial charge in [-0.1, -0.05) is 11.6 Å². The van der Waals surface area contributed by atoms with Crippen molar-refractivity contribution in [2.24, 2.45) is 7.05 Å². The molecule has 4 aromatic heterocycles. The summed E-state index contributed by atoms with van der Waals surface area (Å²) in [6.07, 6.45) is 2.92. The van der Waals surface area contributed by atoms with Crippen LogP contribution in [0.5, 0.6) is 0 Å². The number of nitrogens with two attached hydrogens (primary N) is 1. The first-order chi connectivity index (χ1) is 29.9. The van der Waals surface area contributed by atoms with Crippen molar-refractivity contribution in [1.29, 1.82) is 0 Å². The Hall–Kier alpha value is -6.70. The molecule has 0 radical (unpaired) electrons. The number of imidazole rings is 1. The summed E-state index contributed by atoms with van der Waals surface area (Å²) in [4.78, 5) is 67.3. The fourth-order valence-electron chi connectivity index (χ4n) is 6.72. The molecule has 334 valence electrons. The number of aryl methyl sites for hydroxylation is 2. The van der Waals surface area contributed by atoms with Gasteiger partial charge in [0.15, 0.2) is 17.3 Å². The number of nitrogen functional groups attached to an aromatic ring is 1. The number of pyridine rings is 2. The SMILES string of the molecule is Cn1c(-c2cn(-c3ccc(N)cn3)nc2C(F)(F)F)cnc1C(=O)Nc1ccc(C(=O)N2CCN(C(=O)NCCCc3ccnc(CCCNC(=O)OC(C)(C)C)c3)CC2)c(Cl)c1. The van der Waals surface area contributed by atoms with E-state index in [0.29, 0.717) is 51.1 Å². The first-order valence-electron chi connectivity index (χ1n) is 20.1. The summed E-state index contributed by atoms with van der Waals surface area (Å²) in [5, 5.41) is 12.1. The van der Waals surface area contributed by atoms with Crippen LogP contribution in [-0.2, 0) is 30.8 Å². The molecule has 0 atom stereocenters. The van der Waals surface area contributed by atoms with E-state index < -0.39 is 29.5 Å². The molecule has 1 aliphatic rings. The van der Waals surface area contributed by atoms with Crippen LogP contribution in [0.15, 0.2) is 67.3 Å². The molecule has 5 heterocycles. The van der Waals surface area contributed by atoms with Gasteiger partial charge in [0.1, 0.15) is 5.60 Å². The lowest BCUT2D eigenvalue weighted by atomic mass is 10.1. The van der Waals surface area contributed by atoms with E-state index in [1.54, 1.807) is 16.0 Å². The number of anilines is 2. The van der Waals surface area contributed by atoms with Gasteiger partial charge in [-0.15, -0.1) is 0 Å². The standard InChI is InChI=1S/C42H48ClF3N12O5/c1-41(2,3)63-40(62)50-15-6-8-28-21-26(13-16-48-28)7-5-14-49-39(61)57-19-17-56(18-20-57)38(60)30-11-10-29(22-32(30)43)53-37(59)36-52-24-33(55(36)4)31-25-58(54-35(31)42(44,45)46)34-12-9-27(47)23-51-34/h9-13,16,21-25H,5-8,14-15,17-20,47H2,1-4H3,(H,49,61)(H,50,62)(H,53,59). The number of benzene rings is 1. The lowest BCUT2D eigenvalue weighted by molar-refractivity contribution is -0.140. The lowest BCUT2D eigenvalue weighted by Crippen LogP contribution is -2.53. The van der Waals surface area contributed by atoms with E-state index in [4.69, 9.17) is 22.1 Å². The number of urea groups is 1. The Kier molecular flexibility index (Phi) is 14.2. The third-order valence-corrected chi connectivity index (χ3v) is 10.2. The van der Waals surface area contributed by atoms with Crippen molar-refractivity contribution < 1.29 is 37.1 Å². The molecule has 1 aliphatic heterocycles. The van der Waals surface area contributed by atoms with Gasteiger partial charge in [-0.3, -0.25) is 14.6 Å². The number of carbonyl (C=O) groups excluding carboxylic acids is 4. The van der Waals surface area contributed by atoms with E-state index in [9.17, 15) is 32.3 Å². The smallest absolute Gasteiger partial charge is 0.435 e. The molecule has 1 fully saturated rings. The Morgan fingerprint density at radius 2 is 1.59 bits per heavy atom. The maximum atomic E-state index is 14.1. The molecule has 1 aromatic carbocycles. The molecule has 17 nitrogen and oxygen atoms in total. The van der Waals surface area contributed by atoms with Crippen LogP contribution in [-0.4, -0.2) is 108 Å². The molecule has 5 amide bonds. The van der Waals surface area contributed by atoms with Crippen LogP contribution < -0.4 is 21.7 Å². The minimum atomic E-state index is -4.83. The summed E-state index contributed by atoms with van der Waals surface area (Å²) < 4.78 is 49.7. The maximum Gasteiger partial charge on any atom is 0.435 e. The summed E-state index contributed by atoms with van der Waals surface area (Å²) >= 11 is 6.53. The number of piperazine rings is 1. The van der Waals surface area contributed by atoms with Crippen molar-refractivity contribution in [3.05, 3.63) is 101 Å². The Balaban J connectivity index is 0.955. The number of rotatable bonds is 13. The third-order valence-electron chi connectivity index (χ3n) is 9.84. The number of alkyl carbamates (subject to hydrolysis) is 1. The number of hydrogen-bond acceptors (Lipinski definition) is 10. The van der Waals surface area contributed by atoms with E-state index in [-0.39, 0.29) is 64.2 Å². The highest BCUT2D eigenvalue weighted by Gasteiger charge is 2.39. The number of carbonyl (C=O) groups is 4. The molecule has 0 aliphatic carbocycles. The summed E-state index contributed by atoms with van der Waals surface area (Å²) in [5.74, 6) is -1.18. The molecule has 0 saturated carbocycles. The quantitative estimate of drug-likeness (QED) is 0.0996. The summed E-state index contributed by atoms with van der Waals surface area (Å²) in [5.41, 5.74) is 6.31. The number of alkyl halides is 3. The second-order valence-electron chi connectivity index (χ2n) is 15.8. The van der Waals surface area contributed by atoms with Gasteiger partial charge in [0.2, 0.25) is 0 Å². The Bertz CT molecular complexity index is 2440.